The molecule has 2 fully saturated rings. The molecule has 3 amide bonds. The van der Waals surface area contributed by atoms with Gasteiger partial charge in [0, 0.05) is 18.9 Å². The largest absolute Gasteiger partial charge is 0.368 e. The highest BCUT2D eigenvalue weighted by atomic mass is 16.2. The van der Waals surface area contributed by atoms with Gasteiger partial charge < -0.3 is 16.0 Å². The zero-order valence-corrected chi connectivity index (χ0v) is 14.1. The van der Waals surface area contributed by atoms with Crippen LogP contribution in [0.15, 0.2) is 12.2 Å². The lowest BCUT2D eigenvalue weighted by atomic mass is 10.1. The molecule has 0 aromatic rings. The molecule has 0 radical (unpaired) electrons. The molecule has 3 rings (SSSR count). The number of nitrogens with one attached hydrogen (secondary N) is 1. The Labute approximate surface area is 142 Å². The first kappa shape index (κ1) is 17.0. The molecule has 0 aromatic carbocycles. The van der Waals surface area contributed by atoms with Gasteiger partial charge in [0.25, 0.3) is 0 Å². The molecule has 2 aliphatic heterocycles. The van der Waals surface area contributed by atoms with E-state index in [4.69, 9.17) is 5.73 Å². The summed E-state index contributed by atoms with van der Waals surface area (Å²) in [5, 5.41) is 2.87. The molecule has 0 bridgehead atoms. The van der Waals surface area contributed by atoms with Crippen molar-refractivity contribution in [3.8, 4) is 0 Å². The van der Waals surface area contributed by atoms with E-state index in [1.54, 1.807) is 4.90 Å². The SMILES string of the molecule is NC(=O)[C@@]12C[C@H]1/C=C\CCCCCCC(=O)N1CCC[C@H]1C(=O)N2. The van der Waals surface area contributed by atoms with Gasteiger partial charge in [-0.1, -0.05) is 25.0 Å². The highest BCUT2D eigenvalue weighted by molar-refractivity contribution is 5.96. The first-order valence-electron chi connectivity index (χ1n) is 9.12. The van der Waals surface area contributed by atoms with Gasteiger partial charge in [0.1, 0.15) is 11.6 Å². The maximum absolute atomic E-state index is 12.7. The molecule has 6 heteroatoms. The molecular weight excluding hydrogens is 306 g/mol. The molecule has 1 saturated carbocycles. The van der Waals surface area contributed by atoms with Crippen LogP contribution in [-0.4, -0.2) is 40.7 Å². The first-order valence-corrected chi connectivity index (χ1v) is 9.12. The van der Waals surface area contributed by atoms with Crippen LogP contribution in [0.5, 0.6) is 0 Å². The van der Waals surface area contributed by atoms with E-state index in [-0.39, 0.29) is 17.7 Å². The molecule has 0 unspecified atom stereocenters. The third-order valence-electron chi connectivity index (χ3n) is 5.56. The van der Waals surface area contributed by atoms with E-state index in [2.05, 4.69) is 11.4 Å². The van der Waals surface area contributed by atoms with Crippen molar-refractivity contribution >= 4 is 17.7 Å². The van der Waals surface area contributed by atoms with Gasteiger partial charge in [-0.15, -0.1) is 0 Å². The monoisotopic (exact) mass is 333 g/mol. The molecule has 1 saturated heterocycles. The molecule has 0 aromatic heterocycles. The fraction of sp³-hybridized carbons (Fsp3) is 0.722. The number of allylic oxidation sites excluding steroid dienone is 1. The van der Waals surface area contributed by atoms with Crippen molar-refractivity contribution in [2.24, 2.45) is 11.7 Å². The standard InChI is InChI=1S/C18H27N3O3/c19-17(24)18-12-13(18)8-5-3-1-2-4-6-10-15(22)21-11-7-9-14(21)16(23)20-18/h5,8,13-14H,1-4,6-7,9-12H2,(H2,19,24)(H,20,23)/b8-5-/t13-,14+,18-/m1/s1. The van der Waals surface area contributed by atoms with E-state index in [0.29, 0.717) is 25.8 Å². The summed E-state index contributed by atoms with van der Waals surface area (Å²) in [6, 6.07) is -0.455. The number of carbonyl (C=O) groups excluding carboxylic acids is 3. The van der Waals surface area contributed by atoms with E-state index in [0.717, 1.165) is 38.5 Å². The summed E-state index contributed by atoms with van der Waals surface area (Å²) < 4.78 is 0. The minimum Gasteiger partial charge on any atom is -0.368 e. The molecule has 2 heterocycles. The average Bonchev–Trinajstić information content (AvgIpc) is 3.02. The molecule has 1 aliphatic carbocycles. The van der Waals surface area contributed by atoms with Crippen LogP contribution >= 0.6 is 0 Å². The number of nitrogens with two attached hydrogens (primary N) is 1. The number of amides is 3. The Morgan fingerprint density at radius 2 is 2.00 bits per heavy atom. The predicted molar refractivity (Wildman–Crippen MR) is 89.8 cm³/mol. The van der Waals surface area contributed by atoms with Gasteiger partial charge in [0.2, 0.25) is 17.7 Å². The summed E-state index contributed by atoms with van der Waals surface area (Å²) in [5.74, 6) is -0.674. The van der Waals surface area contributed by atoms with Crippen molar-refractivity contribution in [3.05, 3.63) is 12.2 Å². The predicted octanol–water partition coefficient (Wildman–Crippen LogP) is 1.25. The number of primary amides is 1. The number of rotatable bonds is 1. The minimum atomic E-state index is -0.953. The van der Waals surface area contributed by atoms with Crippen molar-refractivity contribution in [2.45, 2.75) is 69.4 Å². The quantitative estimate of drug-likeness (QED) is 0.707. The Kier molecular flexibility index (Phi) is 4.92. The lowest BCUT2D eigenvalue weighted by Crippen LogP contribution is -2.54. The van der Waals surface area contributed by atoms with E-state index < -0.39 is 17.5 Å². The van der Waals surface area contributed by atoms with Crippen LogP contribution in [0.1, 0.15) is 57.8 Å². The Morgan fingerprint density at radius 1 is 1.21 bits per heavy atom. The third-order valence-corrected chi connectivity index (χ3v) is 5.56. The number of carbonyl (C=O) groups is 3. The fourth-order valence-electron chi connectivity index (χ4n) is 3.95. The third kappa shape index (κ3) is 3.32. The zero-order chi connectivity index (χ0) is 17.2. The van der Waals surface area contributed by atoms with Gasteiger partial charge in [-0.3, -0.25) is 14.4 Å². The number of hydrogen-bond donors (Lipinski definition) is 2. The van der Waals surface area contributed by atoms with Gasteiger partial charge in [-0.25, -0.2) is 0 Å². The van der Waals surface area contributed by atoms with E-state index in [9.17, 15) is 14.4 Å². The summed E-state index contributed by atoms with van der Waals surface area (Å²) in [5.41, 5.74) is 4.61. The van der Waals surface area contributed by atoms with Crippen LogP contribution in [0, 0.1) is 5.92 Å². The second-order valence-corrected chi connectivity index (χ2v) is 7.26. The Hall–Kier alpha value is -1.85. The van der Waals surface area contributed by atoms with E-state index in [1.807, 2.05) is 6.08 Å². The molecule has 0 spiro atoms. The summed E-state index contributed by atoms with van der Waals surface area (Å²) in [6.07, 6.45) is 11.7. The van der Waals surface area contributed by atoms with E-state index in [1.165, 1.54) is 0 Å². The van der Waals surface area contributed by atoms with Crippen molar-refractivity contribution in [3.63, 3.8) is 0 Å². The van der Waals surface area contributed by atoms with Crippen LogP contribution in [0.3, 0.4) is 0 Å². The van der Waals surface area contributed by atoms with Crippen LogP contribution in [0.25, 0.3) is 0 Å². The van der Waals surface area contributed by atoms with Crippen LogP contribution in [-0.2, 0) is 14.4 Å². The average molecular weight is 333 g/mol. The summed E-state index contributed by atoms with van der Waals surface area (Å²) in [7, 11) is 0. The van der Waals surface area contributed by atoms with Gasteiger partial charge >= 0.3 is 0 Å². The van der Waals surface area contributed by atoms with E-state index >= 15 is 0 Å². The summed E-state index contributed by atoms with van der Waals surface area (Å²) >= 11 is 0. The highest BCUT2D eigenvalue weighted by Crippen LogP contribution is 2.45. The molecule has 3 atom stereocenters. The second-order valence-electron chi connectivity index (χ2n) is 7.26. The van der Waals surface area contributed by atoms with Crippen LogP contribution in [0.4, 0.5) is 0 Å². The Morgan fingerprint density at radius 3 is 2.79 bits per heavy atom. The lowest BCUT2D eigenvalue weighted by Gasteiger charge is -2.26. The number of hydrogen-bond acceptors (Lipinski definition) is 3. The molecule has 3 N–H and O–H groups in total. The number of fused-ring (bicyclic) bond motifs is 2. The van der Waals surface area contributed by atoms with Crippen LogP contribution < -0.4 is 11.1 Å². The molecular formula is C18H27N3O3. The summed E-state index contributed by atoms with van der Waals surface area (Å²) in [6.45, 7) is 0.629. The van der Waals surface area contributed by atoms with Crippen molar-refractivity contribution in [2.75, 3.05) is 6.54 Å². The second kappa shape index (κ2) is 6.95. The summed E-state index contributed by atoms with van der Waals surface area (Å²) in [4.78, 5) is 38.7. The zero-order valence-electron chi connectivity index (χ0n) is 14.1. The maximum atomic E-state index is 12.7. The van der Waals surface area contributed by atoms with Crippen molar-refractivity contribution < 1.29 is 14.4 Å². The number of nitrogens with zero attached hydrogens (tertiary/aromatic N) is 1. The normalized spacial score (nSPS) is 35.9. The molecule has 3 aliphatic rings. The Balaban J connectivity index is 1.77. The van der Waals surface area contributed by atoms with Gasteiger partial charge in [0.15, 0.2) is 0 Å². The minimum absolute atomic E-state index is 0.0189. The molecule has 6 nitrogen and oxygen atoms in total. The smallest absolute Gasteiger partial charge is 0.243 e. The van der Waals surface area contributed by atoms with Crippen molar-refractivity contribution in [1.29, 1.82) is 0 Å². The molecule has 24 heavy (non-hydrogen) atoms. The van der Waals surface area contributed by atoms with Gasteiger partial charge in [-0.05, 0) is 38.5 Å². The maximum Gasteiger partial charge on any atom is 0.243 e. The Bertz CT molecular complexity index is 560. The van der Waals surface area contributed by atoms with Crippen LogP contribution in [0.2, 0.25) is 0 Å². The topological polar surface area (TPSA) is 92.5 Å². The molecule has 132 valence electrons. The fourth-order valence-corrected chi connectivity index (χ4v) is 3.95. The van der Waals surface area contributed by atoms with Gasteiger partial charge in [0.05, 0.1) is 0 Å². The van der Waals surface area contributed by atoms with Crippen molar-refractivity contribution in [1.82, 2.24) is 10.2 Å². The highest BCUT2D eigenvalue weighted by Gasteiger charge is 2.59. The lowest BCUT2D eigenvalue weighted by molar-refractivity contribution is -0.139. The first-order chi connectivity index (χ1) is 11.5. The van der Waals surface area contributed by atoms with Gasteiger partial charge in [-0.2, -0.15) is 0 Å².